The van der Waals surface area contributed by atoms with E-state index in [0.29, 0.717) is 13.2 Å². The SMILES string of the molecule is Cc1nc(-c2ccn[nH]2)n2nc(N3CCOCC3C)cc(-c3ccnn3C(C)C)c12. The Morgan fingerprint density at radius 1 is 1.23 bits per heavy atom. The molecule has 0 spiro atoms. The minimum atomic E-state index is 0.240. The van der Waals surface area contributed by atoms with Crippen molar-refractivity contribution in [2.24, 2.45) is 0 Å². The molecular weight excluding hydrogens is 380 g/mol. The fourth-order valence-corrected chi connectivity index (χ4v) is 4.15. The van der Waals surface area contributed by atoms with E-state index in [2.05, 4.69) is 53.1 Å². The summed E-state index contributed by atoms with van der Waals surface area (Å²) in [4.78, 5) is 7.14. The first-order valence-corrected chi connectivity index (χ1v) is 10.3. The van der Waals surface area contributed by atoms with Crippen LogP contribution in [0.5, 0.6) is 0 Å². The first kappa shape index (κ1) is 18.8. The summed E-state index contributed by atoms with van der Waals surface area (Å²) in [7, 11) is 0. The third-order valence-electron chi connectivity index (χ3n) is 5.60. The fourth-order valence-electron chi connectivity index (χ4n) is 4.15. The van der Waals surface area contributed by atoms with Crippen molar-refractivity contribution < 1.29 is 4.74 Å². The molecule has 1 atom stereocenters. The predicted octanol–water partition coefficient (Wildman–Crippen LogP) is 3.10. The third-order valence-corrected chi connectivity index (χ3v) is 5.60. The number of fused-ring (bicyclic) bond motifs is 1. The molecule has 0 radical (unpaired) electrons. The number of rotatable bonds is 4. The Kier molecular flexibility index (Phi) is 4.54. The largest absolute Gasteiger partial charge is 0.377 e. The van der Waals surface area contributed by atoms with Crippen molar-refractivity contribution >= 4 is 11.3 Å². The van der Waals surface area contributed by atoms with Gasteiger partial charge in [-0.1, -0.05) is 0 Å². The van der Waals surface area contributed by atoms with Crippen LogP contribution in [-0.2, 0) is 4.74 Å². The zero-order valence-electron chi connectivity index (χ0n) is 17.7. The van der Waals surface area contributed by atoms with Crippen LogP contribution in [0.3, 0.4) is 0 Å². The minimum Gasteiger partial charge on any atom is -0.377 e. The number of nitrogens with one attached hydrogen (secondary N) is 1. The Hall–Kier alpha value is -3.20. The van der Waals surface area contributed by atoms with Crippen LogP contribution in [0.15, 0.2) is 30.6 Å². The van der Waals surface area contributed by atoms with Crippen LogP contribution in [0.1, 0.15) is 32.5 Å². The van der Waals surface area contributed by atoms with E-state index in [1.165, 1.54) is 0 Å². The lowest BCUT2D eigenvalue weighted by atomic mass is 10.1. The highest BCUT2D eigenvalue weighted by Crippen LogP contribution is 2.34. The molecule has 1 unspecified atom stereocenters. The average Bonchev–Trinajstić information content (AvgIpc) is 3.48. The number of imidazole rings is 1. The lowest BCUT2D eigenvalue weighted by molar-refractivity contribution is 0.0984. The second kappa shape index (κ2) is 7.24. The van der Waals surface area contributed by atoms with Gasteiger partial charge in [0.15, 0.2) is 11.6 Å². The van der Waals surface area contributed by atoms with Crippen LogP contribution in [0, 0.1) is 6.92 Å². The molecule has 0 bridgehead atoms. The second-order valence-electron chi connectivity index (χ2n) is 8.04. The smallest absolute Gasteiger partial charge is 0.179 e. The Bertz CT molecular complexity index is 1170. The molecule has 1 N–H and O–H groups in total. The quantitative estimate of drug-likeness (QED) is 0.560. The number of aromatic nitrogens is 7. The van der Waals surface area contributed by atoms with Crippen LogP contribution in [0.4, 0.5) is 5.82 Å². The van der Waals surface area contributed by atoms with E-state index in [9.17, 15) is 0 Å². The molecule has 9 heteroatoms. The van der Waals surface area contributed by atoms with Crippen molar-refractivity contribution in [2.45, 2.75) is 39.8 Å². The van der Waals surface area contributed by atoms with Gasteiger partial charge in [-0.3, -0.25) is 9.78 Å². The van der Waals surface area contributed by atoms with E-state index >= 15 is 0 Å². The van der Waals surface area contributed by atoms with Gasteiger partial charge in [0.05, 0.1) is 36.2 Å². The summed E-state index contributed by atoms with van der Waals surface area (Å²) in [6, 6.07) is 6.62. The number of nitrogens with zero attached hydrogens (tertiary/aromatic N) is 7. The van der Waals surface area contributed by atoms with Gasteiger partial charge < -0.3 is 9.64 Å². The monoisotopic (exact) mass is 406 g/mol. The number of aromatic amines is 1. The van der Waals surface area contributed by atoms with Crippen LogP contribution in [0.2, 0.25) is 0 Å². The summed E-state index contributed by atoms with van der Waals surface area (Å²) in [6.07, 6.45) is 3.58. The predicted molar refractivity (Wildman–Crippen MR) is 115 cm³/mol. The van der Waals surface area contributed by atoms with Gasteiger partial charge in [-0.25, -0.2) is 9.50 Å². The molecule has 30 heavy (non-hydrogen) atoms. The fraction of sp³-hybridized carbons (Fsp3) is 0.429. The summed E-state index contributed by atoms with van der Waals surface area (Å²) in [6.45, 7) is 10.6. The Labute approximate surface area is 174 Å². The van der Waals surface area contributed by atoms with Gasteiger partial charge in [0.2, 0.25) is 0 Å². The summed E-state index contributed by atoms with van der Waals surface area (Å²) < 4.78 is 9.63. The molecule has 9 nitrogen and oxygen atoms in total. The van der Waals surface area contributed by atoms with E-state index in [0.717, 1.165) is 46.3 Å². The summed E-state index contributed by atoms with van der Waals surface area (Å²) in [5, 5.41) is 16.7. The molecule has 0 amide bonds. The van der Waals surface area contributed by atoms with Crippen molar-refractivity contribution in [3.05, 3.63) is 36.3 Å². The van der Waals surface area contributed by atoms with Gasteiger partial charge in [0.25, 0.3) is 0 Å². The van der Waals surface area contributed by atoms with Gasteiger partial charge in [-0.2, -0.15) is 10.2 Å². The van der Waals surface area contributed by atoms with E-state index < -0.39 is 0 Å². The number of morpholine rings is 1. The van der Waals surface area contributed by atoms with Crippen LogP contribution < -0.4 is 4.90 Å². The number of H-pyrrole nitrogens is 1. The molecule has 0 aliphatic carbocycles. The van der Waals surface area contributed by atoms with Gasteiger partial charge in [0.1, 0.15) is 5.69 Å². The molecule has 156 valence electrons. The number of aryl methyl sites for hydroxylation is 1. The van der Waals surface area contributed by atoms with Crippen molar-refractivity contribution in [2.75, 3.05) is 24.7 Å². The van der Waals surface area contributed by atoms with Gasteiger partial charge in [-0.05, 0) is 45.9 Å². The van der Waals surface area contributed by atoms with Gasteiger partial charge in [-0.15, -0.1) is 5.10 Å². The first-order chi connectivity index (χ1) is 14.5. The molecule has 1 saturated heterocycles. The van der Waals surface area contributed by atoms with Crippen LogP contribution in [-0.4, -0.2) is 60.4 Å². The van der Waals surface area contributed by atoms with Crippen LogP contribution >= 0.6 is 0 Å². The van der Waals surface area contributed by atoms with Gasteiger partial charge in [0, 0.05) is 30.5 Å². The Morgan fingerprint density at radius 2 is 2.10 bits per heavy atom. The maximum absolute atomic E-state index is 5.64. The molecule has 1 aliphatic heterocycles. The number of ether oxygens (including phenoxy) is 1. The molecule has 0 saturated carbocycles. The Balaban J connectivity index is 1.80. The third kappa shape index (κ3) is 2.97. The molecule has 1 fully saturated rings. The normalized spacial score (nSPS) is 17.4. The molecule has 4 aromatic rings. The Morgan fingerprint density at radius 3 is 2.83 bits per heavy atom. The highest BCUT2D eigenvalue weighted by atomic mass is 16.5. The average molecular weight is 406 g/mol. The van der Waals surface area contributed by atoms with E-state index in [-0.39, 0.29) is 12.1 Å². The standard InChI is InChI=1S/C21H26N8O/c1-13(2)28-18(6-8-23-28)16-11-19(27-9-10-30-12-14(27)3)26-29-20(16)15(4)24-21(29)17-5-7-22-25-17/h5-8,11,13-14H,9-10,12H2,1-4H3,(H,22,25). The maximum Gasteiger partial charge on any atom is 0.179 e. The van der Waals surface area contributed by atoms with Crippen molar-refractivity contribution in [3.63, 3.8) is 0 Å². The minimum absolute atomic E-state index is 0.240. The lowest BCUT2D eigenvalue weighted by Crippen LogP contribution is -2.44. The molecule has 4 aromatic heterocycles. The summed E-state index contributed by atoms with van der Waals surface area (Å²) in [5.74, 6) is 1.66. The van der Waals surface area contributed by atoms with E-state index in [1.54, 1.807) is 6.20 Å². The molecule has 5 rings (SSSR count). The van der Waals surface area contributed by atoms with Crippen LogP contribution in [0.25, 0.3) is 28.3 Å². The van der Waals surface area contributed by atoms with Gasteiger partial charge >= 0.3 is 0 Å². The molecule has 5 heterocycles. The summed E-state index contributed by atoms with van der Waals surface area (Å²) in [5.41, 5.74) is 4.85. The zero-order chi connectivity index (χ0) is 20.8. The topological polar surface area (TPSA) is 89.2 Å². The number of hydrogen-bond donors (Lipinski definition) is 1. The second-order valence-corrected chi connectivity index (χ2v) is 8.04. The van der Waals surface area contributed by atoms with E-state index in [4.69, 9.17) is 14.8 Å². The molecular formula is C21H26N8O. The lowest BCUT2D eigenvalue weighted by Gasteiger charge is -2.34. The summed E-state index contributed by atoms with van der Waals surface area (Å²) >= 11 is 0. The number of hydrogen-bond acceptors (Lipinski definition) is 6. The highest BCUT2D eigenvalue weighted by molar-refractivity contribution is 5.84. The molecule has 0 aromatic carbocycles. The molecule has 1 aliphatic rings. The highest BCUT2D eigenvalue weighted by Gasteiger charge is 2.25. The van der Waals surface area contributed by atoms with Crippen molar-refractivity contribution in [1.82, 2.24) is 34.6 Å². The van der Waals surface area contributed by atoms with Crippen molar-refractivity contribution in [3.8, 4) is 22.8 Å². The van der Waals surface area contributed by atoms with Crippen molar-refractivity contribution in [1.29, 1.82) is 0 Å². The zero-order valence-corrected chi connectivity index (χ0v) is 17.7. The first-order valence-electron chi connectivity index (χ1n) is 10.3. The maximum atomic E-state index is 5.64. The number of anilines is 1. The van der Waals surface area contributed by atoms with E-state index in [1.807, 2.05) is 28.4 Å².